The predicted molar refractivity (Wildman–Crippen MR) is 119 cm³/mol. The number of halogens is 1. The van der Waals surface area contributed by atoms with Gasteiger partial charge in [0, 0.05) is 13.1 Å². The molecule has 0 radical (unpaired) electrons. The van der Waals surface area contributed by atoms with Crippen LogP contribution in [-0.2, 0) is 14.3 Å². The summed E-state index contributed by atoms with van der Waals surface area (Å²) < 4.78 is 11.6. The highest BCUT2D eigenvalue weighted by molar-refractivity contribution is 6.49. The van der Waals surface area contributed by atoms with Crippen molar-refractivity contribution in [1.29, 1.82) is 0 Å². The number of hydrogen-bond donors (Lipinski definition) is 2. The standard InChI is InChI=1S/C22H28ClN5O5/c1-10-8-27-15-12(28(9-21(3,4)5)13-7-24-33-16(13)14(15)23)6-22(17(27)11(2)32-10)18(29)25-20(31)26-19(22)30/h7,10-12,17H,6,8-9H2,1-5H3,(H2,25,26,29,30,31)/t10-,11+,12?,17-/m0/s1. The molecule has 0 saturated carbocycles. The number of urea groups is 1. The molecule has 10 nitrogen and oxygen atoms in total. The smallest absolute Gasteiger partial charge is 0.328 e. The van der Waals surface area contributed by atoms with E-state index in [1.54, 1.807) is 6.20 Å². The Morgan fingerprint density at radius 3 is 2.52 bits per heavy atom. The summed E-state index contributed by atoms with van der Waals surface area (Å²) in [7, 11) is 0. The van der Waals surface area contributed by atoms with E-state index in [0.29, 0.717) is 23.9 Å². The zero-order chi connectivity index (χ0) is 23.9. The molecular weight excluding hydrogens is 450 g/mol. The van der Waals surface area contributed by atoms with Crippen molar-refractivity contribution in [2.75, 3.05) is 18.0 Å². The summed E-state index contributed by atoms with van der Waals surface area (Å²) in [6, 6.07) is -1.86. The molecule has 0 aromatic carbocycles. The van der Waals surface area contributed by atoms with E-state index in [1.807, 2.05) is 18.7 Å². The molecule has 0 aliphatic carbocycles. The number of piperidine rings is 1. The highest BCUT2D eigenvalue weighted by Gasteiger charge is 2.66. The maximum absolute atomic E-state index is 13.4. The van der Waals surface area contributed by atoms with Crippen LogP contribution in [0.3, 0.4) is 0 Å². The molecule has 33 heavy (non-hydrogen) atoms. The number of barbiturate groups is 1. The number of ether oxygens (including phenoxy) is 1. The van der Waals surface area contributed by atoms with E-state index in [-0.39, 0.29) is 17.9 Å². The molecule has 178 valence electrons. The van der Waals surface area contributed by atoms with Crippen molar-refractivity contribution in [1.82, 2.24) is 20.7 Å². The molecule has 0 bridgehead atoms. The second-order valence-electron chi connectivity index (χ2n) is 10.6. The lowest BCUT2D eigenvalue weighted by atomic mass is 9.65. The molecule has 3 saturated heterocycles. The number of anilines is 1. The van der Waals surface area contributed by atoms with Gasteiger partial charge >= 0.3 is 6.03 Å². The van der Waals surface area contributed by atoms with Crippen LogP contribution in [0.1, 0.15) is 46.8 Å². The topological polar surface area (TPSA) is 117 Å². The number of amides is 4. The molecule has 3 fully saturated rings. The van der Waals surface area contributed by atoms with Crippen LogP contribution in [0, 0.1) is 10.8 Å². The highest BCUT2D eigenvalue weighted by Crippen LogP contribution is 2.53. The van der Waals surface area contributed by atoms with Crippen molar-refractivity contribution in [3.05, 3.63) is 17.7 Å². The molecule has 1 unspecified atom stereocenters. The van der Waals surface area contributed by atoms with E-state index in [2.05, 4.69) is 41.5 Å². The van der Waals surface area contributed by atoms with E-state index in [4.69, 9.17) is 20.9 Å². The summed E-state index contributed by atoms with van der Waals surface area (Å²) in [6.07, 6.45) is 1.12. The Morgan fingerprint density at radius 2 is 1.88 bits per heavy atom. The molecule has 4 aliphatic heterocycles. The number of aromatic nitrogens is 1. The van der Waals surface area contributed by atoms with Crippen molar-refractivity contribution >= 4 is 40.2 Å². The minimum absolute atomic E-state index is 0.119. The monoisotopic (exact) mass is 477 g/mol. The third kappa shape index (κ3) is 3.18. The zero-order valence-electron chi connectivity index (χ0n) is 19.3. The van der Waals surface area contributed by atoms with Crippen LogP contribution >= 0.6 is 11.6 Å². The summed E-state index contributed by atoms with van der Waals surface area (Å²) >= 11 is 6.92. The summed E-state index contributed by atoms with van der Waals surface area (Å²) in [6.45, 7) is 11.2. The van der Waals surface area contributed by atoms with Crippen molar-refractivity contribution < 1.29 is 23.6 Å². The van der Waals surface area contributed by atoms with Crippen LogP contribution in [0.25, 0.3) is 5.03 Å². The number of nitrogens with zero attached hydrogens (tertiary/aromatic N) is 3. The van der Waals surface area contributed by atoms with Gasteiger partial charge in [-0.15, -0.1) is 0 Å². The van der Waals surface area contributed by atoms with Crippen molar-refractivity contribution in [3.8, 4) is 0 Å². The summed E-state index contributed by atoms with van der Waals surface area (Å²) in [5, 5.41) is 9.07. The number of carbonyl (C=O) groups excluding carboxylic acids is 3. The lowest BCUT2D eigenvalue weighted by Gasteiger charge is -2.60. The Kier molecular flexibility index (Phi) is 4.85. The van der Waals surface area contributed by atoms with E-state index in [9.17, 15) is 14.4 Å². The lowest BCUT2D eigenvalue weighted by molar-refractivity contribution is -0.175. The van der Waals surface area contributed by atoms with Gasteiger partial charge in [-0.2, -0.15) is 0 Å². The van der Waals surface area contributed by atoms with Crippen LogP contribution in [0.5, 0.6) is 0 Å². The van der Waals surface area contributed by atoms with Crippen LogP contribution in [0.4, 0.5) is 10.5 Å². The summed E-state index contributed by atoms with van der Waals surface area (Å²) in [5.74, 6) is -0.752. The second-order valence-corrected chi connectivity index (χ2v) is 11.0. The molecule has 2 N–H and O–H groups in total. The number of morpholine rings is 1. The molecule has 4 amide bonds. The number of imide groups is 2. The maximum atomic E-state index is 13.4. The third-order valence-electron chi connectivity index (χ3n) is 6.90. The van der Waals surface area contributed by atoms with Gasteiger partial charge in [-0.3, -0.25) is 20.2 Å². The summed E-state index contributed by atoms with van der Waals surface area (Å²) in [4.78, 5) is 43.0. The average Bonchev–Trinajstić information content (AvgIpc) is 3.17. The minimum atomic E-state index is -1.54. The molecule has 5 heterocycles. The first-order valence-corrected chi connectivity index (χ1v) is 11.5. The van der Waals surface area contributed by atoms with Crippen LogP contribution in [0.15, 0.2) is 16.4 Å². The molecule has 4 atom stereocenters. The van der Waals surface area contributed by atoms with E-state index >= 15 is 0 Å². The SMILES string of the molecule is C[C@H]1CN2C3=C(Cl)c4oncc4N(CC(C)(C)C)C3CC3(C(=O)NC(=O)NC3=O)[C@@H]2[C@@H](C)O1. The Hall–Kier alpha value is -2.59. The number of nitrogens with one attached hydrogen (secondary N) is 2. The minimum Gasteiger partial charge on any atom is -0.372 e. The number of rotatable bonds is 1. The first-order valence-electron chi connectivity index (χ1n) is 11.1. The quantitative estimate of drug-likeness (QED) is 0.590. The normalized spacial score (nSPS) is 31.2. The van der Waals surface area contributed by atoms with Gasteiger partial charge in [0.2, 0.25) is 17.6 Å². The van der Waals surface area contributed by atoms with Gasteiger partial charge in [0.25, 0.3) is 0 Å². The van der Waals surface area contributed by atoms with Crippen molar-refractivity contribution in [3.63, 3.8) is 0 Å². The fraction of sp³-hybridized carbons (Fsp3) is 0.636. The number of hydrogen-bond acceptors (Lipinski definition) is 8. The fourth-order valence-corrected chi connectivity index (χ4v) is 6.25. The van der Waals surface area contributed by atoms with E-state index < -0.39 is 41.4 Å². The zero-order valence-corrected chi connectivity index (χ0v) is 20.0. The predicted octanol–water partition coefficient (Wildman–Crippen LogP) is 2.05. The Balaban J connectivity index is 1.73. The van der Waals surface area contributed by atoms with Gasteiger partial charge in [0.1, 0.15) is 10.7 Å². The number of carbonyl (C=O) groups is 3. The van der Waals surface area contributed by atoms with Gasteiger partial charge in [0.05, 0.1) is 36.2 Å². The van der Waals surface area contributed by atoms with Crippen molar-refractivity contribution in [2.45, 2.75) is 65.3 Å². The fourth-order valence-electron chi connectivity index (χ4n) is 5.89. The first-order chi connectivity index (χ1) is 15.4. The van der Waals surface area contributed by atoms with Gasteiger partial charge in [-0.25, -0.2) is 4.79 Å². The molecule has 11 heteroatoms. The van der Waals surface area contributed by atoms with Gasteiger partial charge in [-0.1, -0.05) is 37.5 Å². The second kappa shape index (κ2) is 7.20. The average molecular weight is 478 g/mol. The molecular formula is C22H28ClN5O5. The third-order valence-corrected chi connectivity index (χ3v) is 7.26. The Bertz CT molecular complexity index is 1060. The van der Waals surface area contributed by atoms with E-state index in [1.165, 1.54) is 0 Å². The Morgan fingerprint density at radius 1 is 1.21 bits per heavy atom. The largest absolute Gasteiger partial charge is 0.372 e. The highest BCUT2D eigenvalue weighted by atomic mass is 35.5. The van der Waals surface area contributed by atoms with Crippen LogP contribution in [-0.4, -0.2) is 65.3 Å². The van der Waals surface area contributed by atoms with Gasteiger partial charge in [0.15, 0.2) is 5.41 Å². The summed E-state index contributed by atoms with van der Waals surface area (Å²) in [5.41, 5.74) is -0.143. The van der Waals surface area contributed by atoms with Crippen molar-refractivity contribution in [2.24, 2.45) is 10.8 Å². The van der Waals surface area contributed by atoms with Gasteiger partial charge < -0.3 is 19.1 Å². The maximum Gasteiger partial charge on any atom is 0.328 e. The number of fused-ring (bicyclic) bond motifs is 5. The first kappa shape index (κ1) is 22.2. The molecule has 1 aromatic rings. The molecule has 5 rings (SSSR count). The molecule has 1 aromatic heterocycles. The molecule has 4 aliphatic rings. The lowest BCUT2D eigenvalue weighted by Crippen LogP contribution is -2.77. The van der Waals surface area contributed by atoms with Crippen LogP contribution < -0.4 is 15.5 Å². The molecule has 1 spiro atoms. The Labute approximate surface area is 196 Å². The van der Waals surface area contributed by atoms with Crippen LogP contribution in [0.2, 0.25) is 0 Å². The van der Waals surface area contributed by atoms with E-state index in [0.717, 1.165) is 11.4 Å². The van der Waals surface area contributed by atoms with Gasteiger partial charge in [-0.05, 0) is 25.7 Å².